The smallest absolute Gasteiger partial charge is 0.378 e. The molecule has 7 heteroatoms. The lowest BCUT2D eigenvalue weighted by atomic mass is 10.1. The Balaban J connectivity index is 1.62. The number of aromatic nitrogens is 1. The van der Waals surface area contributed by atoms with Crippen molar-refractivity contribution < 1.29 is 13.2 Å². The van der Waals surface area contributed by atoms with Gasteiger partial charge in [0.15, 0.2) is 0 Å². The van der Waals surface area contributed by atoms with Crippen LogP contribution in [0.5, 0.6) is 0 Å². The zero-order chi connectivity index (χ0) is 19.4. The lowest BCUT2D eigenvalue weighted by Crippen LogP contribution is -2.17. The molecular weight excluding hydrogens is 371 g/mol. The van der Waals surface area contributed by atoms with Gasteiger partial charge in [0.25, 0.3) is 0 Å². The lowest BCUT2D eigenvalue weighted by Gasteiger charge is -2.12. The first-order valence-corrected chi connectivity index (χ1v) is 9.24. The summed E-state index contributed by atoms with van der Waals surface area (Å²) in [6, 6.07) is 13.8. The minimum atomic E-state index is -4.34. The third kappa shape index (κ3) is 4.87. The SMILES string of the molecule is CN(C)c1ccc(-c2cnc(CNCc3ccccc3C(F)(F)F)s2)cc1. The summed E-state index contributed by atoms with van der Waals surface area (Å²) in [5, 5.41) is 3.90. The van der Waals surface area contributed by atoms with E-state index in [2.05, 4.69) is 10.3 Å². The number of hydrogen-bond acceptors (Lipinski definition) is 4. The second-order valence-corrected chi connectivity index (χ2v) is 7.43. The number of thiazole rings is 1. The summed E-state index contributed by atoms with van der Waals surface area (Å²) < 4.78 is 39.1. The van der Waals surface area contributed by atoms with Crippen LogP contribution in [0.25, 0.3) is 10.4 Å². The van der Waals surface area contributed by atoms with Gasteiger partial charge in [-0.3, -0.25) is 0 Å². The van der Waals surface area contributed by atoms with Crippen molar-refractivity contribution >= 4 is 17.0 Å². The fraction of sp³-hybridized carbons (Fsp3) is 0.250. The number of rotatable bonds is 6. The van der Waals surface area contributed by atoms with E-state index >= 15 is 0 Å². The molecule has 0 radical (unpaired) electrons. The number of halogens is 3. The van der Waals surface area contributed by atoms with Crippen molar-refractivity contribution in [3.63, 3.8) is 0 Å². The standard InChI is InChI=1S/C20H20F3N3S/c1-26(2)16-9-7-14(8-10-16)18-12-25-19(27-18)13-24-11-15-5-3-4-6-17(15)20(21,22)23/h3-10,12,24H,11,13H2,1-2H3. The van der Waals surface area contributed by atoms with Crippen molar-refractivity contribution in [2.24, 2.45) is 0 Å². The van der Waals surface area contributed by atoms with Crippen LogP contribution >= 0.6 is 11.3 Å². The maximum Gasteiger partial charge on any atom is 0.416 e. The third-order valence-corrected chi connectivity index (χ3v) is 5.18. The Hall–Kier alpha value is -2.38. The number of alkyl halides is 3. The Bertz CT molecular complexity index is 886. The Morgan fingerprint density at radius 1 is 1.00 bits per heavy atom. The molecule has 3 aromatic rings. The number of anilines is 1. The summed E-state index contributed by atoms with van der Waals surface area (Å²) in [7, 11) is 3.98. The number of hydrogen-bond donors (Lipinski definition) is 1. The molecule has 0 aliphatic heterocycles. The normalized spacial score (nSPS) is 11.6. The Kier molecular flexibility index (Phi) is 5.82. The quantitative estimate of drug-likeness (QED) is 0.627. The number of nitrogens with zero attached hydrogens (tertiary/aromatic N) is 2. The first-order valence-electron chi connectivity index (χ1n) is 8.43. The molecule has 0 amide bonds. The first-order chi connectivity index (χ1) is 12.8. The van der Waals surface area contributed by atoms with Crippen LogP contribution in [0.15, 0.2) is 54.7 Å². The van der Waals surface area contributed by atoms with Gasteiger partial charge in [-0.15, -0.1) is 11.3 Å². The molecule has 0 aliphatic carbocycles. The summed E-state index contributed by atoms with van der Waals surface area (Å²) in [6.07, 6.45) is -2.54. The van der Waals surface area contributed by atoms with Gasteiger partial charge in [-0.2, -0.15) is 13.2 Å². The van der Waals surface area contributed by atoms with E-state index in [9.17, 15) is 13.2 Å². The number of nitrogens with one attached hydrogen (secondary N) is 1. The van der Waals surface area contributed by atoms with Crippen LogP contribution in [0.2, 0.25) is 0 Å². The molecule has 1 heterocycles. The molecule has 3 nitrogen and oxygen atoms in total. The zero-order valence-corrected chi connectivity index (χ0v) is 15.9. The van der Waals surface area contributed by atoms with E-state index in [1.165, 1.54) is 23.5 Å². The van der Waals surface area contributed by atoms with E-state index in [1.807, 2.05) is 43.3 Å². The fourth-order valence-electron chi connectivity index (χ4n) is 2.70. The molecule has 0 fully saturated rings. The molecule has 3 rings (SSSR count). The highest BCUT2D eigenvalue weighted by Crippen LogP contribution is 2.32. The van der Waals surface area contributed by atoms with Crippen molar-refractivity contribution in [3.8, 4) is 10.4 Å². The molecule has 0 saturated heterocycles. The van der Waals surface area contributed by atoms with Crippen LogP contribution in [0.3, 0.4) is 0 Å². The van der Waals surface area contributed by atoms with Gasteiger partial charge in [0.1, 0.15) is 5.01 Å². The van der Waals surface area contributed by atoms with Crippen LogP contribution in [0, 0.1) is 0 Å². The summed E-state index contributed by atoms with van der Waals surface area (Å²) in [5.74, 6) is 0. The van der Waals surface area contributed by atoms with Gasteiger partial charge >= 0.3 is 6.18 Å². The van der Waals surface area contributed by atoms with Gasteiger partial charge in [-0.1, -0.05) is 30.3 Å². The molecule has 27 heavy (non-hydrogen) atoms. The van der Waals surface area contributed by atoms with Crippen molar-refractivity contribution in [3.05, 3.63) is 70.9 Å². The Morgan fingerprint density at radius 2 is 1.70 bits per heavy atom. The minimum Gasteiger partial charge on any atom is -0.378 e. The Labute approximate surface area is 160 Å². The lowest BCUT2D eigenvalue weighted by molar-refractivity contribution is -0.138. The van der Waals surface area contributed by atoms with E-state index in [-0.39, 0.29) is 12.1 Å². The summed E-state index contributed by atoms with van der Waals surface area (Å²) >= 11 is 1.54. The van der Waals surface area contributed by atoms with Crippen LogP contribution in [0.1, 0.15) is 16.1 Å². The fourth-order valence-corrected chi connectivity index (χ4v) is 3.60. The van der Waals surface area contributed by atoms with Gasteiger partial charge < -0.3 is 10.2 Å². The minimum absolute atomic E-state index is 0.141. The second-order valence-electron chi connectivity index (χ2n) is 6.32. The average molecular weight is 391 g/mol. The molecule has 0 atom stereocenters. The van der Waals surface area contributed by atoms with E-state index in [4.69, 9.17) is 0 Å². The molecule has 0 unspecified atom stereocenters. The summed E-state index contributed by atoms with van der Waals surface area (Å²) in [5.41, 5.74) is 1.83. The van der Waals surface area contributed by atoms with Crippen LogP contribution < -0.4 is 10.2 Å². The number of benzene rings is 2. The Morgan fingerprint density at radius 3 is 2.37 bits per heavy atom. The van der Waals surface area contributed by atoms with E-state index in [0.29, 0.717) is 6.54 Å². The van der Waals surface area contributed by atoms with Crippen molar-refractivity contribution in [1.29, 1.82) is 0 Å². The summed E-state index contributed by atoms with van der Waals surface area (Å²) in [6.45, 7) is 0.564. The average Bonchev–Trinajstić information content (AvgIpc) is 3.10. The van der Waals surface area contributed by atoms with Crippen molar-refractivity contribution in [2.75, 3.05) is 19.0 Å². The maximum absolute atomic E-state index is 13.0. The molecular formula is C20H20F3N3S. The third-order valence-electron chi connectivity index (χ3n) is 4.14. The van der Waals surface area contributed by atoms with Gasteiger partial charge in [0, 0.05) is 39.1 Å². The molecule has 142 valence electrons. The molecule has 0 aliphatic rings. The van der Waals surface area contributed by atoms with Crippen molar-refractivity contribution in [1.82, 2.24) is 10.3 Å². The molecule has 0 saturated carbocycles. The maximum atomic E-state index is 13.0. The largest absolute Gasteiger partial charge is 0.416 e. The van der Waals surface area contributed by atoms with Crippen LogP contribution in [0.4, 0.5) is 18.9 Å². The highest BCUT2D eigenvalue weighted by molar-refractivity contribution is 7.15. The predicted molar refractivity (Wildman–Crippen MR) is 104 cm³/mol. The first kappa shape index (κ1) is 19.4. The van der Waals surface area contributed by atoms with Gasteiger partial charge in [0.05, 0.1) is 10.4 Å². The topological polar surface area (TPSA) is 28.2 Å². The van der Waals surface area contributed by atoms with Crippen LogP contribution in [-0.4, -0.2) is 19.1 Å². The van der Waals surface area contributed by atoms with Gasteiger partial charge in [-0.05, 0) is 29.3 Å². The molecule has 1 N–H and O–H groups in total. The molecule has 0 bridgehead atoms. The van der Waals surface area contributed by atoms with Crippen LogP contribution in [-0.2, 0) is 19.3 Å². The second kappa shape index (κ2) is 8.10. The predicted octanol–water partition coefficient (Wildman–Crippen LogP) is 5.18. The highest BCUT2D eigenvalue weighted by Gasteiger charge is 2.32. The molecule has 0 spiro atoms. The molecule has 1 aromatic heterocycles. The highest BCUT2D eigenvalue weighted by atomic mass is 32.1. The monoisotopic (exact) mass is 391 g/mol. The van der Waals surface area contributed by atoms with Gasteiger partial charge in [0.2, 0.25) is 0 Å². The zero-order valence-electron chi connectivity index (χ0n) is 15.0. The summed E-state index contributed by atoms with van der Waals surface area (Å²) in [4.78, 5) is 7.44. The van der Waals surface area contributed by atoms with E-state index < -0.39 is 11.7 Å². The van der Waals surface area contributed by atoms with Crippen molar-refractivity contribution in [2.45, 2.75) is 19.3 Å². The van der Waals surface area contributed by atoms with E-state index in [0.717, 1.165) is 27.2 Å². The van der Waals surface area contributed by atoms with Gasteiger partial charge in [-0.25, -0.2) is 4.98 Å². The van der Waals surface area contributed by atoms with E-state index in [1.54, 1.807) is 12.3 Å². The molecule has 2 aromatic carbocycles.